The minimum atomic E-state index is -2.37. The lowest BCUT2D eigenvalue weighted by Gasteiger charge is -2.53. The van der Waals surface area contributed by atoms with E-state index in [1.807, 2.05) is 60.7 Å². The van der Waals surface area contributed by atoms with E-state index in [0.717, 1.165) is 22.3 Å². The first-order valence-electron chi connectivity index (χ1n) is 26.5. The Morgan fingerprint density at radius 3 is 1.66 bits per heavy atom. The summed E-state index contributed by atoms with van der Waals surface area (Å²) in [5.41, 5.74) is 5.46. The Hall–Kier alpha value is -6.53. The number of benzene rings is 5. The molecule has 4 fully saturated rings. The molecule has 0 bridgehead atoms. The first-order valence-corrected chi connectivity index (χ1v) is 27.6. The fourth-order valence-corrected chi connectivity index (χ4v) is 10.9. The highest BCUT2D eigenvalue weighted by molar-refractivity contribution is 6.76. The van der Waals surface area contributed by atoms with Gasteiger partial charge in [0.25, 0.3) is 3.79 Å². The largest absolute Gasteiger partial charge is 0.469 e. The molecular formula is C59H59Cl3N4O16. The molecule has 0 saturated carbocycles. The van der Waals surface area contributed by atoms with Gasteiger partial charge in [0.1, 0.15) is 49.2 Å². The summed E-state index contributed by atoms with van der Waals surface area (Å²) < 4.78 is 67.8. The van der Waals surface area contributed by atoms with Gasteiger partial charge in [0, 0.05) is 36.5 Å². The van der Waals surface area contributed by atoms with Crippen LogP contribution in [0.1, 0.15) is 71.9 Å². The Morgan fingerprint density at radius 2 is 1.12 bits per heavy atom. The first kappa shape index (κ1) is 58.7. The summed E-state index contributed by atoms with van der Waals surface area (Å²) in [5.74, 6) is -3.91. The average Bonchev–Trinajstić information content (AvgIpc) is 3.62. The van der Waals surface area contributed by atoms with Crippen LogP contribution in [-0.4, -0.2) is 139 Å². The van der Waals surface area contributed by atoms with Gasteiger partial charge >= 0.3 is 12.1 Å². The van der Waals surface area contributed by atoms with Gasteiger partial charge in [0.15, 0.2) is 49.7 Å². The van der Waals surface area contributed by atoms with Crippen molar-refractivity contribution in [3.8, 4) is 11.1 Å². The molecule has 0 unspecified atom stereocenters. The van der Waals surface area contributed by atoms with Crippen molar-refractivity contribution in [2.75, 3.05) is 26.4 Å². The number of Topliss-reactive ketones (excluding diaryl/α,β-unsaturated/α-hetero) is 1. The van der Waals surface area contributed by atoms with Crippen molar-refractivity contribution in [1.82, 2.24) is 16.0 Å². The van der Waals surface area contributed by atoms with Crippen LogP contribution in [0.25, 0.3) is 11.1 Å². The summed E-state index contributed by atoms with van der Waals surface area (Å²) in [6, 6.07) is 37.4. The molecule has 5 aliphatic rings. The molecule has 4 aliphatic heterocycles. The minimum Gasteiger partial charge on any atom is -0.469 e. The molecule has 0 aromatic heterocycles. The molecule has 5 aromatic rings. The summed E-state index contributed by atoms with van der Waals surface area (Å²) in [7, 11) is 0. The van der Waals surface area contributed by atoms with E-state index in [1.165, 1.54) is 20.8 Å². The van der Waals surface area contributed by atoms with Crippen molar-refractivity contribution < 1.29 is 76.1 Å². The third kappa shape index (κ3) is 13.4. The van der Waals surface area contributed by atoms with Gasteiger partial charge in [-0.05, 0) is 29.2 Å². The van der Waals surface area contributed by atoms with E-state index in [2.05, 4.69) is 16.0 Å². The van der Waals surface area contributed by atoms with Crippen LogP contribution in [0.5, 0.6) is 0 Å². The molecule has 432 valence electrons. The number of amides is 3. The fourth-order valence-electron chi connectivity index (χ4n) is 10.7. The van der Waals surface area contributed by atoms with Gasteiger partial charge in [0.2, 0.25) is 17.7 Å². The summed E-state index contributed by atoms with van der Waals surface area (Å²) >= 11 is 18.6. The van der Waals surface area contributed by atoms with Crippen LogP contribution in [0, 0.1) is 5.41 Å². The maximum atomic E-state index is 14.4. The van der Waals surface area contributed by atoms with E-state index in [0.29, 0.717) is 11.1 Å². The molecule has 23 heteroatoms. The lowest BCUT2D eigenvalue weighted by atomic mass is 9.93. The molecule has 82 heavy (non-hydrogen) atoms. The van der Waals surface area contributed by atoms with Crippen LogP contribution >= 0.6 is 34.8 Å². The van der Waals surface area contributed by atoms with E-state index in [1.54, 1.807) is 78.9 Å². The molecule has 0 radical (unpaired) electrons. The molecule has 14 atom stereocenters. The number of halogens is 3. The zero-order valence-corrected chi connectivity index (χ0v) is 46.7. The molecule has 4 N–H and O–H groups in total. The van der Waals surface area contributed by atoms with Gasteiger partial charge in [-0.2, -0.15) is 0 Å². The average molecular weight is 1190 g/mol. The Labute approximate surface area is 487 Å². The molecule has 20 nitrogen and oxygen atoms in total. The number of fused-ring (bicyclic) bond motifs is 5. The van der Waals surface area contributed by atoms with Crippen molar-refractivity contribution in [2.45, 2.75) is 116 Å². The van der Waals surface area contributed by atoms with E-state index >= 15 is 0 Å². The maximum Gasteiger partial charge on any atom is 0.407 e. The molecule has 0 spiro atoms. The normalized spacial score (nSPS) is 27.3. The number of ether oxygens (including phenoxy) is 11. The number of alkyl halides is 3. The Morgan fingerprint density at radius 1 is 0.634 bits per heavy atom. The second-order valence-electron chi connectivity index (χ2n) is 20.1. The number of hydrogen-bond donors (Lipinski definition) is 4. The number of rotatable bonds is 17. The van der Waals surface area contributed by atoms with Crippen molar-refractivity contribution in [3.05, 3.63) is 167 Å². The van der Waals surface area contributed by atoms with E-state index < -0.39 is 132 Å². The highest BCUT2D eigenvalue weighted by Gasteiger charge is 2.58. The lowest BCUT2D eigenvalue weighted by Crippen LogP contribution is -2.72. The smallest absolute Gasteiger partial charge is 0.407 e. The SMILES string of the molecule is CC(=O)N[C@H]1[C@@H](O[C@@H]2[C@@H](NC(C)=O)[C@@H](O[C@H](C)[C@H](NC(=O)OCC3c4ccccc4-c4ccccc43)C(=O)OCC(=O)c3ccccc3)O[C@@H]3CO[C@H](c4ccccc4)O[C@H]23)O[C@@H]2CO[C@H](c3ccccc3)O[C@@H]2[C@@H]1OC(=N)C(Cl)(Cl)Cl. The number of carbonyl (C=O) groups excluding carboxylic acids is 5. The van der Waals surface area contributed by atoms with E-state index in [-0.39, 0.29) is 31.3 Å². The number of esters is 1. The van der Waals surface area contributed by atoms with Crippen LogP contribution in [0.3, 0.4) is 0 Å². The molecule has 4 saturated heterocycles. The Bertz CT molecular complexity index is 3040. The summed E-state index contributed by atoms with van der Waals surface area (Å²) in [6.07, 6.45) is -14.5. The van der Waals surface area contributed by atoms with Crippen molar-refractivity contribution in [2.24, 2.45) is 0 Å². The number of alkyl carbamates (subject to hydrolysis) is 1. The Kier molecular flexibility index (Phi) is 18.6. The summed E-state index contributed by atoms with van der Waals surface area (Å²) in [4.78, 5) is 68.5. The van der Waals surface area contributed by atoms with Gasteiger partial charge in [0.05, 0.1) is 19.3 Å². The van der Waals surface area contributed by atoms with Gasteiger partial charge in [-0.15, -0.1) is 0 Å². The predicted octanol–water partition coefficient (Wildman–Crippen LogP) is 7.53. The van der Waals surface area contributed by atoms with Gasteiger partial charge in [-0.1, -0.05) is 174 Å². The molecule has 5 aromatic carbocycles. The van der Waals surface area contributed by atoms with Crippen LogP contribution in [0.2, 0.25) is 0 Å². The molecule has 3 amide bonds. The van der Waals surface area contributed by atoms with Crippen molar-refractivity contribution in [1.29, 1.82) is 5.41 Å². The van der Waals surface area contributed by atoms with Gasteiger partial charge in [-0.3, -0.25) is 19.8 Å². The molecule has 1 aliphatic carbocycles. The Balaban J connectivity index is 0.962. The van der Waals surface area contributed by atoms with Gasteiger partial charge in [-0.25, -0.2) is 9.59 Å². The van der Waals surface area contributed by atoms with E-state index in [9.17, 15) is 24.0 Å². The quantitative estimate of drug-likeness (QED) is 0.0231. The topological polar surface area (TPSA) is 247 Å². The second-order valence-corrected chi connectivity index (χ2v) is 22.4. The second kappa shape index (κ2) is 25.9. The highest BCUT2D eigenvalue weighted by atomic mass is 35.6. The molecule has 4 heterocycles. The zero-order valence-electron chi connectivity index (χ0n) is 44.4. The maximum absolute atomic E-state index is 14.4. The van der Waals surface area contributed by atoms with E-state index in [4.69, 9.17) is 92.3 Å². The molecular weight excluding hydrogens is 1130 g/mol. The van der Waals surface area contributed by atoms with Gasteiger partial charge < -0.3 is 68.1 Å². The van der Waals surface area contributed by atoms with Crippen LogP contribution in [0.4, 0.5) is 4.79 Å². The number of hydrogen-bond acceptors (Lipinski definition) is 17. The first-order chi connectivity index (χ1) is 39.5. The predicted molar refractivity (Wildman–Crippen MR) is 295 cm³/mol. The van der Waals surface area contributed by atoms with Crippen LogP contribution in [-0.2, 0) is 66.5 Å². The minimum absolute atomic E-state index is 0.112. The monoisotopic (exact) mass is 1180 g/mol. The third-order valence-corrected chi connectivity index (χ3v) is 15.0. The van der Waals surface area contributed by atoms with Crippen LogP contribution < -0.4 is 16.0 Å². The van der Waals surface area contributed by atoms with Crippen LogP contribution in [0.15, 0.2) is 140 Å². The van der Waals surface area contributed by atoms with Crippen molar-refractivity contribution in [3.63, 3.8) is 0 Å². The zero-order chi connectivity index (χ0) is 57.7. The lowest BCUT2D eigenvalue weighted by molar-refractivity contribution is -0.385. The standard InChI is InChI=1S/C59H59Cl3N4O16/c1-31(45(52(70)72-28-42(69)34-17-7-4-8-18-34)66-58(71)75-27-41-39-25-15-13-23-37(39)38-24-14-16-26-40(38)41)76-55-46(64-32(2)67)50(48-43(77-55)29-73-53(79-48)35-19-9-5-10-20-35)81-56-47(65-33(3)68)51(82-57(63)59(60,61)62)49-44(78-56)30-74-54(80-49)36-21-11-6-12-22-36/h4-26,31,41,43-51,53-56,63H,27-30H2,1-3H3,(H,64,67)(H,65,68)(H,66,71)/t31-,43-,44-,45+,46-,47-,48+,49+,50-,51-,53+,54+,55+,56-/m1/s1. The summed E-state index contributed by atoms with van der Waals surface area (Å²) in [6.45, 7) is 2.87. The fraction of sp³-hybridized carbons (Fsp3) is 0.390. The number of nitrogens with one attached hydrogen (secondary N) is 4. The molecule has 10 rings (SSSR count). The van der Waals surface area contributed by atoms with Crippen molar-refractivity contribution >= 4 is 70.4 Å². The summed E-state index contributed by atoms with van der Waals surface area (Å²) in [5, 5.41) is 17.0. The number of carbonyl (C=O) groups is 5. The third-order valence-electron chi connectivity index (χ3n) is 14.5. The number of ketones is 1. The highest BCUT2D eigenvalue weighted by Crippen LogP contribution is 2.45.